The number of likely N-dealkylation sites (N-methyl/N-ethyl adjacent to an activating group) is 1. The van der Waals surface area contributed by atoms with Crippen molar-refractivity contribution in [1.82, 2.24) is 9.21 Å². The van der Waals surface area contributed by atoms with E-state index in [9.17, 15) is 13.2 Å². The number of hydrogen-bond donors (Lipinski definition) is 0. The normalized spacial score (nSPS) is 17.4. The molecule has 0 aliphatic carbocycles. The average Bonchev–Trinajstić information content (AvgIpc) is 3.07. The van der Waals surface area contributed by atoms with Crippen LogP contribution in [0.5, 0.6) is 0 Å². The van der Waals surface area contributed by atoms with Crippen molar-refractivity contribution in [2.75, 3.05) is 25.9 Å². The van der Waals surface area contributed by atoms with E-state index in [-0.39, 0.29) is 25.0 Å². The zero-order valence-electron chi connectivity index (χ0n) is 15.3. The number of nitrogens with zero attached hydrogens (tertiary/aromatic N) is 2. The zero-order chi connectivity index (χ0) is 18.9. The zero-order valence-corrected chi connectivity index (χ0v) is 16.9. The summed E-state index contributed by atoms with van der Waals surface area (Å²) >= 11 is 1.72. The largest absolute Gasteiger partial charge is 0.330 e. The molecule has 2 aromatic rings. The van der Waals surface area contributed by atoms with Gasteiger partial charge in [0.05, 0.1) is 18.8 Å². The first-order valence-electron chi connectivity index (χ1n) is 8.69. The summed E-state index contributed by atoms with van der Waals surface area (Å²) in [5.74, 6) is -0.151. The first-order chi connectivity index (χ1) is 12.3. The predicted octanol–water partition coefficient (Wildman–Crippen LogP) is 2.81. The molecule has 0 saturated carbocycles. The Hall–Kier alpha value is -1.70. The summed E-state index contributed by atoms with van der Waals surface area (Å²) in [5.41, 5.74) is 3.39. The van der Waals surface area contributed by atoms with Crippen LogP contribution in [-0.4, -0.2) is 49.4 Å². The number of carbonyl (C=O) groups excluding carboxylic acids is 1. The minimum absolute atomic E-state index is 0.114. The molecule has 0 fully saturated rings. The molecule has 0 radical (unpaired) electrons. The Morgan fingerprint density at radius 3 is 2.65 bits per heavy atom. The van der Waals surface area contributed by atoms with E-state index in [0.29, 0.717) is 6.54 Å². The Kier molecular flexibility index (Phi) is 5.50. The molecule has 1 aromatic heterocycles. The molecule has 0 N–H and O–H groups in total. The van der Waals surface area contributed by atoms with Crippen molar-refractivity contribution in [2.24, 2.45) is 0 Å². The number of thiophene rings is 1. The highest BCUT2D eigenvalue weighted by atomic mass is 32.2. The van der Waals surface area contributed by atoms with Crippen LogP contribution >= 0.6 is 11.3 Å². The van der Waals surface area contributed by atoms with E-state index in [4.69, 9.17) is 0 Å². The third kappa shape index (κ3) is 3.70. The monoisotopic (exact) mass is 392 g/mol. The van der Waals surface area contributed by atoms with E-state index < -0.39 is 10.0 Å². The van der Waals surface area contributed by atoms with Crippen molar-refractivity contribution in [2.45, 2.75) is 26.3 Å². The van der Waals surface area contributed by atoms with Gasteiger partial charge in [-0.15, -0.1) is 11.3 Å². The Morgan fingerprint density at radius 2 is 2.00 bits per heavy atom. The molecular weight excluding hydrogens is 368 g/mol. The smallest absolute Gasteiger partial charge is 0.238 e. The van der Waals surface area contributed by atoms with Crippen molar-refractivity contribution in [1.29, 1.82) is 0 Å². The van der Waals surface area contributed by atoms with Crippen LogP contribution in [0.25, 0.3) is 0 Å². The summed E-state index contributed by atoms with van der Waals surface area (Å²) in [5, 5.41) is 2.07. The fourth-order valence-electron chi connectivity index (χ4n) is 3.52. The number of carbonyl (C=O) groups is 1. The molecule has 1 aliphatic heterocycles. The molecule has 140 valence electrons. The van der Waals surface area contributed by atoms with Crippen LogP contribution in [0.15, 0.2) is 35.7 Å². The first-order valence-corrected chi connectivity index (χ1v) is 11.4. The third-order valence-electron chi connectivity index (χ3n) is 4.90. The quantitative estimate of drug-likeness (QED) is 0.786. The summed E-state index contributed by atoms with van der Waals surface area (Å²) in [4.78, 5) is 16.2. The van der Waals surface area contributed by atoms with Crippen molar-refractivity contribution in [3.05, 3.63) is 57.3 Å². The Morgan fingerprint density at radius 1 is 1.27 bits per heavy atom. The number of sulfonamides is 1. The van der Waals surface area contributed by atoms with Gasteiger partial charge >= 0.3 is 0 Å². The Bertz CT molecular complexity index is 905. The summed E-state index contributed by atoms with van der Waals surface area (Å²) in [6.07, 6.45) is 1.96. The number of benzene rings is 1. The molecule has 5 nitrogen and oxygen atoms in total. The van der Waals surface area contributed by atoms with Crippen LogP contribution in [0.4, 0.5) is 0 Å². The van der Waals surface area contributed by atoms with E-state index >= 15 is 0 Å². The highest BCUT2D eigenvalue weighted by Gasteiger charge is 2.34. The summed E-state index contributed by atoms with van der Waals surface area (Å²) in [7, 11) is -3.40. The van der Waals surface area contributed by atoms with Gasteiger partial charge in [0.2, 0.25) is 15.9 Å². The Balaban J connectivity index is 1.98. The van der Waals surface area contributed by atoms with Crippen LogP contribution < -0.4 is 0 Å². The standard InChI is InChI=1S/C19H24N2O3S2/c1-4-20(26(3,23)24)13-18(22)21-11-9-17-16(10-12-25-17)19(21)15-8-6-5-7-14(15)2/h5-8,10,12,19H,4,9,11,13H2,1-3H3/t19-/m0/s1. The SMILES string of the molecule is CCN(CC(=O)N1CCc2sccc2[C@@H]1c1ccccc1C)S(C)(=O)=O. The molecule has 0 spiro atoms. The highest BCUT2D eigenvalue weighted by molar-refractivity contribution is 7.88. The van der Waals surface area contributed by atoms with Crippen molar-refractivity contribution in [3.8, 4) is 0 Å². The van der Waals surface area contributed by atoms with Crippen molar-refractivity contribution in [3.63, 3.8) is 0 Å². The maximum Gasteiger partial charge on any atom is 0.238 e. The molecule has 2 heterocycles. The molecular formula is C19H24N2O3S2. The van der Waals surface area contributed by atoms with E-state index in [0.717, 1.165) is 29.4 Å². The second kappa shape index (κ2) is 7.50. The van der Waals surface area contributed by atoms with Gasteiger partial charge < -0.3 is 4.90 Å². The third-order valence-corrected chi connectivity index (χ3v) is 7.22. The molecule has 1 aromatic carbocycles. The molecule has 3 rings (SSSR count). The number of amides is 1. The van der Waals surface area contributed by atoms with Crippen LogP contribution in [0.2, 0.25) is 0 Å². The fraction of sp³-hybridized carbons (Fsp3) is 0.421. The Labute approximate surface area is 159 Å². The number of hydrogen-bond acceptors (Lipinski definition) is 4. The van der Waals surface area contributed by atoms with Crippen LogP contribution in [0.1, 0.15) is 34.5 Å². The lowest BCUT2D eigenvalue weighted by molar-refractivity contribution is -0.133. The van der Waals surface area contributed by atoms with Gasteiger partial charge in [-0.25, -0.2) is 8.42 Å². The van der Waals surface area contributed by atoms with Gasteiger partial charge in [-0.2, -0.15) is 4.31 Å². The first kappa shape index (κ1) is 19.1. The van der Waals surface area contributed by atoms with Gasteiger partial charge in [-0.1, -0.05) is 31.2 Å². The van der Waals surface area contributed by atoms with Crippen LogP contribution in [-0.2, 0) is 21.2 Å². The van der Waals surface area contributed by atoms with Gasteiger partial charge in [0.25, 0.3) is 0 Å². The molecule has 7 heteroatoms. The predicted molar refractivity (Wildman–Crippen MR) is 105 cm³/mol. The fourth-order valence-corrected chi connectivity index (χ4v) is 5.24. The summed E-state index contributed by atoms with van der Waals surface area (Å²) < 4.78 is 25.0. The van der Waals surface area contributed by atoms with E-state index in [1.165, 1.54) is 9.18 Å². The molecule has 1 aliphatic rings. The van der Waals surface area contributed by atoms with Gasteiger partial charge in [0.1, 0.15) is 0 Å². The number of aryl methyl sites for hydroxylation is 1. The van der Waals surface area contributed by atoms with Crippen LogP contribution in [0.3, 0.4) is 0 Å². The molecule has 0 saturated heterocycles. The second-order valence-electron chi connectivity index (χ2n) is 6.58. The van der Waals surface area contributed by atoms with E-state index in [2.05, 4.69) is 17.5 Å². The van der Waals surface area contributed by atoms with Gasteiger partial charge in [-0.3, -0.25) is 4.79 Å². The lowest BCUT2D eigenvalue weighted by Crippen LogP contribution is -2.46. The second-order valence-corrected chi connectivity index (χ2v) is 9.57. The lowest BCUT2D eigenvalue weighted by Gasteiger charge is -2.38. The lowest BCUT2D eigenvalue weighted by atomic mass is 9.90. The average molecular weight is 393 g/mol. The summed E-state index contributed by atoms with van der Waals surface area (Å²) in [6.45, 7) is 4.58. The van der Waals surface area contributed by atoms with Gasteiger partial charge in [0, 0.05) is 18.0 Å². The molecule has 0 unspecified atom stereocenters. The van der Waals surface area contributed by atoms with E-state index in [1.807, 2.05) is 30.0 Å². The van der Waals surface area contributed by atoms with Crippen molar-refractivity contribution >= 4 is 27.3 Å². The molecule has 1 amide bonds. The van der Waals surface area contributed by atoms with E-state index in [1.54, 1.807) is 18.3 Å². The van der Waals surface area contributed by atoms with Crippen molar-refractivity contribution < 1.29 is 13.2 Å². The molecule has 0 bridgehead atoms. The maximum atomic E-state index is 13.1. The highest BCUT2D eigenvalue weighted by Crippen LogP contribution is 2.38. The van der Waals surface area contributed by atoms with Gasteiger partial charge in [-0.05, 0) is 41.5 Å². The molecule has 1 atom stereocenters. The van der Waals surface area contributed by atoms with Crippen LogP contribution in [0, 0.1) is 6.92 Å². The molecule has 26 heavy (non-hydrogen) atoms. The summed E-state index contributed by atoms with van der Waals surface area (Å²) in [6, 6.07) is 10.0. The maximum absolute atomic E-state index is 13.1. The van der Waals surface area contributed by atoms with Gasteiger partial charge in [0.15, 0.2) is 0 Å². The minimum Gasteiger partial charge on any atom is -0.330 e. The number of rotatable bonds is 5. The number of fused-ring (bicyclic) bond motifs is 1. The topological polar surface area (TPSA) is 57.7 Å². The minimum atomic E-state index is -3.40.